The van der Waals surface area contributed by atoms with Crippen molar-refractivity contribution in [1.82, 2.24) is 4.72 Å². The van der Waals surface area contributed by atoms with E-state index in [0.717, 1.165) is 0 Å². The van der Waals surface area contributed by atoms with E-state index >= 15 is 0 Å². The van der Waals surface area contributed by atoms with Crippen LogP contribution in [0, 0.1) is 0 Å². The van der Waals surface area contributed by atoms with Gasteiger partial charge in [-0.3, -0.25) is 4.79 Å². The van der Waals surface area contributed by atoms with Crippen molar-refractivity contribution >= 4 is 15.9 Å². The Morgan fingerprint density at radius 1 is 1.22 bits per heavy atom. The van der Waals surface area contributed by atoms with E-state index in [1.54, 1.807) is 18.2 Å². The topological polar surface area (TPSA) is 72.5 Å². The van der Waals surface area contributed by atoms with E-state index in [2.05, 4.69) is 0 Å². The molecule has 1 N–H and O–H groups in total. The van der Waals surface area contributed by atoms with Crippen molar-refractivity contribution < 1.29 is 17.9 Å². The van der Waals surface area contributed by atoms with Crippen LogP contribution >= 0.6 is 0 Å². The molecule has 0 radical (unpaired) electrons. The summed E-state index contributed by atoms with van der Waals surface area (Å²) >= 11 is 0. The third kappa shape index (κ3) is 2.89. The summed E-state index contributed by atoms with van der Waals surface area (Å²) in [5.74, 6) is -0.626. The van der Waals surface area contributed by atoms with Crippen molar-refractivity contribution in [2.75, 3.05) is 6.61 Å². The molecule has 1 aliphatic rings. The number of carbonyl (C=O) groups is 1. The number of benzene rings is 1. The van der Waals surface area contributed by atoms with Crippen LogP contribution in [-0.2, 0) is 19.6 Å². The smallest absolute Gasteiger partial charge is 0.264 e. The molecule has 2 rings (SSSR count). The van der Waals surface area contributed by atoms with Gasteiger partial charge in [-0.2, -0.15) is 0 Å². The van der Waals surface area contributed by atoms with E-state index in [1.165, 1.54) is 18.4 Å². The maximum atomic E-state index is 11.9. The molecule has 1 aromatic rings. The van der Waals surface area contributed by atoms with Gasteiger partial charge in [0.25, 0.3) is 15.9 Å². The standard InChI is InChI=1S/C12H13NO4S/c14-12(10-5-4-8-17-9-10)13-18(15,16)11-6-2-1-3-7-11/h1-3,6-7,9H,4-5,8H2,(H,13,14). The molecular weight excluding hydrogens is 254 g/mol. The fourth-order valence-corrected chi connectivity index (χ4v) is 2.59. The van der Waals surface area contributed by atoms with Crippen molar-refractivity contribution in [3.05, 3.63) is 42.2 Å². The van der Waals surface area contributed by atoms with Crippen molar-refractivity contribution in [3.63, 3.8) is 0 Å². The second-order valence-electron chi connectivity index (χ2n) is 3.87. The van der Waals surface area contributed by atoms with Crippen molar-refractivity contribution in [1.29, 1.82) is 0 Å². The van der Waals surface area contributed by atoms with E-state index < -0.39 is 15.9 Å². The van der Waals surface area contributed by atoms with Gasteiger partial charge in [0.1, 0.15) is 0 Å². The summed E-state index contributed by atoms with van der Waals surface area (Å²) in [6.45, 7) is 0.558. The van der Waals surface area contributed by atoms with Crippen LogP contribution < -0.4 is 4.72 Å². The Kier molecular flexibility index (Phi) is 3.66. The number of hydrogen-bond donors (Lipinski definition) is 1. The highest BCUT2D eigenvalue weighted by Crippen LogP contribution is 2.13. The monoisotopic (exact) mass is 267 g/mol. The highest BCUT2D eigenvalue weighted by molar-refractivity contribution is 7.90. The largest absolute Gasteiger partial charge is 0.501 e. The Bertz CT molecular complexity index is 563. The zero-order valence-corrected chi connectivity index (χ0v) is 10.4. The highest BCUT2D eigenvalue weighted by Gasteiger charge is 2.21. The lowest BCUT2D eigenvalue weighted by Crippen LogP contribution is -2.32. The Labute approximate surface area is 106 Å². The Balaban J connectivity index is 2.14. The second-order valence-corrected chi connectivity index (χ2v) is 5.55. The van der Waals surface area contributed by atoms with Crippen molar-refractivity contribution in [2.45, 2.75) is 17.7 Å². The first-order chi connectivity index (χ1) is 8.59. The van der Waals surface area contributed by atoms with Gasteiger partial charge in [0, 0.05) is 0 Å². The lowest BCUT2D eigenvalue weighted by Gasteiger charge is -2.13. The van der Waals surface area contributed by atoms with Gasteiger partial charge in [-0.1, -0.05) is 18.2 Å². The third-order valence-electron chi connectivity index (χ3n) is 2.51. The maximum Gasteiger partial charge on any atom is 0.264 e. The SMILES string of the molecule is O=C(NS(=O)(=O)c1ccccc1)C1=COCCC1. The van der Waals surface area contributed by atoms with Gasteiger partial charge < -0.3 is 4.74 Å². The lowest BCUT2D eigenvalue weighted by atomic mass is 10.1. The number of carbonyl (C=O) groups excluding carboxylic acids is 1. The first-order valence-electron chi connectivity index (χ1n) is 5.52. The number of ether oxygens (including phenoxy) is 1. The van der Waals surface area contributed by atoms with Crippen LogP contribution in [0.3, 0.4) is 0 Å². The van der Waals surface area contributed by atoms with Gasteiger partial charge in [0.2, 0.25) is 0 Å². The molecule has 18 heavy (non-hydrogen) atoms. The molecule has 96 valence electrons. The Morgan fingerprint density at radius 2 is 1.94 bits per heavy atom. The molecule has 1 aliphatic heterocycles. The molecule has 0 unspecified atom stereocenters. The minimum atomic E-state index is -3.80. The summed E-state index contributed by atoms with van der Waals surface area (Å²) in [7, 11) is -3.80. The first-order valence-corrected chi connectivity index (χ1v) is 7.01. The van der Waals surface area contributed by atoms with E-state index in [9.17, 15) is 13.2 Å². The fraction of sp³-hybridized carbons (Fsp3) is 0.250. The lowest BCUT2D eigenvalue weighted by molar-refractivity contribution is -0.116. The minimum absolute atomic E-state index is 0.0654. The zero-order valence-electron chi connectivity index (χ0n) is 9.63. The maximum absolute atomic E-state index is 11.9. The quantitative estimate of drug-likeness (QED) is 0.892. The van der Waals surface area contributed by atoms with Gasteiger partial charge in [-0.25, -0.2) is 13.1 Å². The van der Waals surface area contributed by atoms with Crippen LogP contribution in [0.2, 0.25) is 0 Å². The molecule has 1 amide bonds. The van der Waals surface area contributed by atoms with Crippen LogP contribution in [-0.4, -0.2) is 20.9 Å². The molecular formula is C12H13NO4S. The summed E-state index contributed by atoms with van der Waals surface area (Å²) in [6.07, 6.45) is 2.56. The summed E-state index contributed by atoms with van der Waals surface area (Å²) in [4.78, 5) is 11.8. The number of hydrogen-bond acceptors (Lipinski definition) is 4. The summed E-state index contributed by atoms with van der Waals surface area (Å²) < 4.78 is 30.8. The first kappa shape index (κ1) is 12.6. The molecule has 0 saturated carbocycles. The third-order valence-corrected chi connectivity index (χ3v) is 3.85. The zero-order chi connectivity index (χ0) is 13.0. The molecule has 0 saturated heterocycles. The number of sulfonamides is 1. The minimum Gasteiger partial charge on any atom is -0.501 e. The van der Waals surface area contributed by atoms with E-state index in [1.807, 2.05) is 4.72 Å². The predicted molar refractivity (Wildman–Crippen MR) is 65.0 cm³/mol. The van der Waals surface area contributed by atoms with Crippen LogP contribution in [0.4, 0.5) is 0 Å². The average molecular weight is 267 g/mol. The molecule has 0 aromatic heterocycles. The van der Waals surface area contributed by atoms with Gasteiger partial charge in [-0.05, 0) is 25.0 Å². The molecule has 0 bridgehead atoms. The number of amides is 1. The molecule has 0 fully saturated rings. The van der Waals surface area contributed by atoms with Gasteiger partial charge in [0.05, 0.1) is 23.3 Å². The van der Waals surface area contributed by atoms with E-state index in [4.69, 9.17) is 4.74 Å². The number of nitrogens with one attached hydrogen (secondary N) is 1. The molecule has 0 atom stereocenters. The Hall–Kier alpha value is -1.82. The van der Waals surface area contributed by atoms with Crippen molar-refractivity contribution in [2.24, 2.45) is 0 Å². The molecule has 0 spiro atoms. The summed E-state index contributed by atoms with van der Waals surface area (Å²) in [5.41, 5.74) is 0.348. The fourth-order valence-electron chi connectivity index (χ4n) is 1.58. The molecule has 0 aliphatic carbocycles. The summed E-state index contributed by atoms with van der Waals surface area (Å²) in [5, 5.41) is 0. The molecule has 5 nitrogen and oxygen atoms in total. The van der Waals surface area contributed by atoms with Crippen LogP contribution in [0.25, 0.3) is 0 Å². The Morgan fingerprint density at radius 3 is 2.56 bits per heavy atom. The van der Waals surface area contributed by atoms with Crippen LogP contribution in [0.1, 0.15) is 12.8 Å². The second kappa shape index (κ2) is 5.22. The van der Waals surface area contributed by atoms with Gasteiger partial charge >= 0.3 is 0 Å². The molecule has 1 aromatic carbocycles. The molecule has 1 heterocycles. The predicted octanol–water partition coefficient (Wildman–Crippen LogP) is 1.19. The van der Waals surface area contributed by atoms with Crippen LogP contribution in [0.15, 0.2) is 47.1 Å². The van der Waals surface area contributed by atoms with Gasteiger partial charge in [-0.15, -0.1) is 0 Å². The van der Waals surface area contributed by atoms with Crippen LogP contribution in [0.5, 0.6) is 0 Å². The average Bonchev–Trinajstić information content (AvgIpc) is 2.40. The number of rotatable bonds is 3. The van der Waals surface area contributed by atoms with E-state index in [0.29, 0.717) is 25.0 Å². The molecule has 6 heteroatoms. The normalized spacial score (nSPS) is 15.4. The van der Waals surface area contributed by atoms with Crippen molar-refractivity contribution in [3.8, 4) is 0 Å². The summed E-state index contributed by atoms with van der Waals surface area (Å²) in [6, 6.07) is 7.77. The van der Waals surface area contributed by atoms with Gasteiger partial charge in [0.15, 0.2) is 0 Å². The highest BCUT2D eigenvalue weighted by atomic mass is 32.2. The van der Waals surface area contributed by atoms with E-state index in [-0.39, 0.29) is 4.90 Å².